The predicted octanol–water partition coefficient (Wildman–Crippen LogP) is 13.0. The Bertz CT molecular complexity index is 2510. The van der Waals surface area contributed by atoms with Crippen LogP contribution in [0.5, 0.6) is 0 Å². The molecular weight excluding hydrogens is 605 g/mol. The SMILES string of the molecule is Cc1c(-c2ccccc2)nc2c(c1C)c(C)c(C)c1c(C)c(C)c(-c3cccc(-c4cc(-c5ccccc5)cc(-c5ccccc5)c4)c3)nc12. The van der Waals surface area contributed by atoms with Crippen molar-refractivity contribution in [2.45, 2.75) is 41.5 Å². The van der Waals surface area contributed by atoms with Crippen LogP contribution in [0.25, 0.3) is 77.7 Å². The van der Waals surface area contributed by atoms with Gasteiger partial charge in [0.15, 0.2) is 0 Å². The van der Waals surface area contributed by atoms with E-state index >= 15 is 0 Å². The van der Waals surface area contributed by atoms with Crippen molar-refractivity contribution in [3.8, 4) is 55.9 Å². The lowest BCUT2D eigenvalue weighted by Crippen LogP contribution is -2.03. The minimum absolute atomic E-state index is 0.976. The van der Waals surface area contributed by atoms with E-state index in [0.29, 0.717) is 0 Å². The summed E-state index contributed by atoms with van der Waals surface area (Å²) in [6.45, 7) is 13.4. The van der Waals surface area contributed by atoms with Gasteiger partial charge in [-0.15, -0.1) is 0 Å². The fourth-order valence-electron chi connectivity index (χ4n) is 7.62. The average Bonchev–Trinajstić information content (AvgIpc) is 3.17. The number of aryl methyl sites for hydroxylation is 4. The van der Waals surface area contributed by atoms with Crippen molar-refractivity contribution in [2.24, 2.45) is 0 Å². The highest BCUT2D eigenvalue weighted by molar-refractivity contribution is 6.10. The van der Waals surface area contributed by atoms with Gasteiger partial charge in [0.25, 0.3) is 0 Å². The van der Waals surface area contributed by atoms with Crippen LogP contribution in [0.15, 0.2) is 133 Å². The molecule has 0 aliphatic carbocycles. The van der Waals surface area contributed by atoms with Crippen LogP contribution in [0, 0.1) is 41.5 Å². The summed E-state index contributed by atoms with van der Waals surface area (Å²) >= 11 is 0. The van der Waals surface area contributed by atoms with Gasteiger partial charge in [0.2, 0.25) is 0 Å². The van der Waals surface area contributed by atoms with Crippen LogP contribution in [-0.2, 0) is 0 Å². The number of hydrogen-bond donors (Lipinski definition) is 0. The molecular formula is C48H40N2. The highest BCUT2D eigenvalue weighted by atomic mass is 14.8. The monoisotopic (exact) mass is 644 g/mol. The molecule has 0 saturated heterocycles. The summed E-state index contributed by atoms with van der Waals surface area (Å²) in [5.41, 5.74) is 20.9. The molecule has 0 N–H and O–H groups in total. The maximum atomic E-state index is 5.54. The van der Waals surface area contributed by atoms with E-state index in [1.807, 2.05) is 0 Å². The van der Waals surface area contributed by atoms with E-state index in [4.69, 9.17) is 9.97 Å². The van der Waals surface area contributed by atoms with Gasteiger partial charge in [0.05, 0.1) is 22.4 Å². The summed E-state index contributed by atoms with van der Waals surface area (Å²) in [6.07, 6.45) is 0. The number of aromatic nitrogens is 2. The third kappa shape index (κ3) is 5.29. The van der Waals surface area contributed by atoms with Gasteiger partial charge in [-0.05, 0) is 133 Å². The zero-order chi connectivity index (χ0) is 34.5. The first kappa shape index (κ1) is 31.4. The highest BCUT2D eigenvalue weighted by Gasteiger charge is 2.21. The summed E-state index contributed by atoms with van der Waals surface area (Å²) < 4.78 is 0. The summed E-state index contributed by atoms with van der Waals surface area (Å²) in [7, 11) is 0. The number of pyridine rings is 2. The lowest BCUT2D eigenvalue weighted by molar-refractivity contribution is 1.23. The lowest BCUT2D eigenvalue weighted by Gasteiger charge is -2.20. The number of benzene rings is 6. The number of nitrogens with zero attached hydrogens (tertiary/aromatic N) is 2. The standard InChI is InChI=1S/C48H40N2/c1-29-30(2)44-32(4)34(6)46(50-48(44)47-43(29)31(3)33(5)45(49-47)37-21-14-9-15-22-37)39-24-16-23-38(25-39)42-27-40(35-17-10-7-11-18-35)26-41(28-42)36-19-12-8-13-20-36/h7-28H,1-6H3. The predicted molar refractivity (Wildman–Crippen MR) is 213 cm³/mol. The fraction of sp³-hybridized carbons (Fsp3) is 0.125. The number of fused-ring (bicyclic) bond motifs is 3. The van der Waals surface area contributed by atoms with Crippen molar-refractivity contribution in [3.05, 3.63) is 167 Å². The lowest BCUT2D eigenvalue weighted by atomic mass is 9.88. The van der Waals surface area contributed by atoms with Gasteiger partial charge in [-0.25, -0.2) is 9.97 Å². The Balaban J connectivity index is 1.35. The van der Waals surface area contributed by atoms with E-state index in [2.05, 4.69) is 175 Å². The van der Waals surface area contributed by atoms with Crippen LogP contribution in [0.3, 0.4) is 0 Å². The second kappa shape index (κ2) is 12.5. The summed E-state index contributed by atoms with van der Waals surface area (Å²) in [5, 5.41) is 2.43. The molecule has 0 fully saturated rings. The summed E-state index contributed by atoms with van der Waals surface area (Å²) in [6, 6.07) is 47.7. The van der Waals surface area contributed by atoms with Gasteiger partial charge >= 0.3 is 0 Å². The van der Waals surface area contributed by atoms with Crippen LogP contribution in [0.1, 0.15) is 33.4 Å². The smallest absolute Gasteiger partial charge is 0.0978 e. The second-order valence-corrected chi connectivity index (χ2v) is 13.6. The molecule has 0 amide bonds. The van der Waals surface area contributed by atoms with Crippen LogP contribution >= 0.6 is 0 Å². The third-order valence-electron chi connectivity index (χ3n) is 10.7. The molecule has 6 aromatic carbocycles. The molecule has 8 rings (SSSR count). The molecule has 2 nitrogen and oxygen atoms in total. The van der Waals surface area contributed by atoms with Gasteiger partial charge in [-0.2, -0.15) is 0 Å². The molecule has 0 radical (unpaired) electrons. The maximum Gasteiger partial charge on any atom is 0.0978 e. The first-order chi connectivity index (χ1) is 24.3. The Kier molecular flexibility index (Phi) is 7.88. The first-order valence-electron chi connectivity index (χ1n) is 17.4. The van der Waals surface area contributed by atoms with E-state index in [0.717, 1.165) is 39.1 Å². The van der Waals surface area contributed by atoms with Crippen LogP contribution in [-0.4, -0.2) is 9.97 Å². The molecule has 0 saturated carbocycles. The van der Waals surface area contributed by atoms with Crippen molar-refractivity contribution < 1.29 is 0 Å². The normalized spacial score (nSPS) is 11.4. The van der Waals surface area contributed by atoms with Crippen LogP contribution in [0.2, 0.25) is 0 Å². The van der Waals surface area contributed by atoms with Crippen molar-refractivity contribution in [1.29, 1.82) is 0 Å². The van der Waals surface area contributed by atoms with Gasteiger partial charge in [-0.3, -0.25) is 0 Å². The Labute approximate surface area is 295 Å². The van der Waals surface area contributed by atoms with Crippen molar-refractivity contribution in [1.82, 2.24) is 9.97 Å². The minimum Gasteiger partial charge on any atom is -0.245 e. The summed E-state index contributed by atoms with van der Waals surface area (Å²) in [4.78, 5) is 11.0. The number of hydrogen-bond acceptors (Lipinski definition) is 2. The van der Waals surface area contributed by atoms with E-state index in [9.17, 15) is 0 Å². The molecule has 0 spiro atoms. The van der Waals surface area contributed by atoms with Gasteiger partial charge in [0, 0.05) is 21.9 Å². The molecule has 50 heavy (non-hydrogen) atoms. The van der Waals surface area contributed by atoms with Gasteiger partial charge in [0.1, 0.15) is 0 Å². The van der Waals surface area contributed by atoms with Crippen LogP contribution in [0.4, 0.5) is 0 Å². The van der Waals surface area contributed by atoms with Crippen LogP contribution < -0.4 is 0 Å². The third-order valence-corrected chi connectivity index (χ3v) is 10.7. The Morgan fingerprint density at radius 2 is 0.600 bits per heavy atom. The first-order valence-corrected chi connectivity index (χ1v) is 17.4. The maximum absolute atomic E-state index is 5.54. The minimum atomic E-state index is 0.976. The Hall–Kier alpha value is -5.86. The molecule has 2 heteroatoms. The molecule has 8 aromatic rings. The topological polar surface area (TPSA) is 25.8 Å². The number of rotatable bonds is 5. The molecule has 0 unspecified atom stereocenters. The Morgan fingerprint density at radius 3 is 1.06 bits per heavy atom. The average molecular weight is 645 g/mol. The molecule has 0 atom stereocenters. The van der Waals surface area contributed by atoms with Gasteiger partial charge < -0.3 is 0 Å². The van der Waals surface area contributed by atoms with E-state index in [1.54, 1.807) is 0 Å². The van der Waals surface area contributed by atoms with Crippen molar-refractivity contribution >= 4 is 21.8 Å². The van der Waals surface area contributed by atoms with E-state index < -0.39 is 0 Å². The molecule has 242 valence electrons. The van der Waals surface area contributed by atoms with Crippen molar-refractivity contribution in [2.75, 3.05) is 0 Å². The zero-order valence-electron chi connectivity index (χ0n) is 29.6. The van der Waals surface area contributed by atoms with E-state index in [-0.39, 0.29) is 0 Å². The Morgan fingerprint density at radius 1 is 0.280 bits per heavy atom. The molecule has 0 aliphatic heterocycles. The quantitative estimate of drug-likeness (QED) is 0.174. The van der Waals surface area contributed by atoms with E-state index in [1.165, 1.54) is 72.0 Å². The molecule has 0 aliphatic rings. The zero-order valence-corrected chi connectivity index (χ0v) is 29.6. The highest BCUT2D eigenvalue weighted by Crippen LogP contribution is 2.41. The summed E-state index contributed by atoms with van der Waals surface area (Å²) in [5.74, 6) is 0. The molecule has 2 aromatic heterocycles. The van der Waals surface area contributed by atoms with Crippen molar-refractivity contribution in [3.63, 3.8) is 0 Å². The largest absolute Gasteiger partial charge is 0.245 e. The van der Waals surface area contributed by atoms with Gasteiger partial charge in [-0.1, -0.05) is 109 Å². The second-order valence-electron chi connectivity index (χ2n) is 13.6. The molecule has 0 bridgehead atoms. The molecule has 2 heterocycles. The fourth-order valence-corrected chi connectivity index (χ4v) is 7.62.